The van der Waals surface area contributed by atoms with Gasteiger partial charge < -0.3 is 0 Å². The molecule has 0 fully saturated rings. The fourth-order valence-corrected chi connectivity index (χ4v) is 2.95. The molecule has 4 nitrogen and oxygen atoms in total. The molecule has 0 spiro atoms. The van der Waals surface area contributed by atoms with E-state index in [-0.39, 0.29) is 11.1 Å². The lowest BCUT2D eigenvalue weighted by atomic mass is 10.2. The molecule has 21 heavy (non-hydrogen) atoms. The fourth-order valence-electron chi connectivity index (χ4n) is 1.85. The Bertz CT molecular complexity index is 925. The van der Waals surface area contributed by atoms with Crippen LogP contribution in [0.4, 0.5) is 4.39 Å². The van der Waals surface area contributed by atoms with Crippen molar-refractivity contribution in [2.24, 2.45) is 0 Å². The van der Waals surface area contributed by atoms with Crippen LogP contribution in [0.25, 0.3) is 11.6 Å². The molecular formula is C15H10FN3OS. The van der Waals surface area contributed by atoms with E-state index < -0.39 is 5.82 Å². The third-order valence-corrected chi connectivity index (χ3v) is 3.98. The largest absolute Gasteiger partial charge is 0.298 e. The molecule has 1 aromatic carbocycles. The number of nitriles is 2. The quantitative estimate of drug-likeness (QED) is 0.833. The summed E-state index contributed by atoms with van der Waals surface area (Å²) < 4.78 is 15.6. The van der Waals surface area contributed by atoms with E-state index in [4.69, 9.17) is 10.5 Å². The number of halogens is 1. The Morgan fingerprint density at radius 2 is 2.05 bits per heavy atom. The molecule has 0 atom stereocenters. The first-order chi connectivity index (χ1) is 10.1. The van der Waals surface area contributed by atoms with E-state index in [2.05, 4.69) is 0 Å². The molecule has 1 heterocycles. The van der Waals surface area contributed by atoms with Crippen molar-refractivity contribution in [3.63, 3.8) is 0 Å². The van der Waals surface area contributed by atoms with Crippen LogP contribution in [0, 0.1) is 28.5 Å². The maximum atomic E-state index is 13.6. The van der Waals surface area contributed by atoms with Crippen LogP contribution in [0.5, 0.6) is 0 Å². The van der Waals surface area contributed by atoms with E-state index in [0.717, 1.165) is 11.3 Å². The first-order valence-electron chi connectivity index (χ1n) is 6.12. The van der Waals surface area contributed by atoms with E-state index >= 15 is 0 Å². The Balaban J connectivity index is 2.85. The summed E-state index contributed by atoms with van der Waals surface area (Å²) in [4.78, 5) is 12.3. The highest BCUT2D eigenvalue weighted by molar-refractivity contribution is 7.07. The highest BCUT2D eigenvalue weighted by Crippen LogP contribution is 2.06. The molecule has 0 aliphatic rings. The summed E-state index contributed by atoms with van der Waals surface area (Å²) in [7, 11) is 0. The van der Waals surface area contributed by atoms with Gasteiger partial charge in [-0.3, -0.25) is 9.36 Å². The van der Waals surface area contributed by atoms with E-state index in [0.29, 0.717) is 21.3 Å². The Morgan fingerprint density at radius 3 is 2.62 bits per heavy atom. The number of rotatable bonds is 2. The molecule has 0 saturated carbocycles. The van der Waals surface area contributed by atoms with Gasteiger partial charge in [0, 0.05) is 12.1 Å². The van der Waals surface area contributed by atoms with Gasteiger partial charge in [-0.1, -0.05) is 18.2 Å². The Morgan fingerprint density at radius 1 is 1.38 bits per heavy atom. The molecule has 0 unspecified atom stereocenters. The van der Waals surface area contributed by atoms with Crippen LogP contribution in [-0.2, 0) is 6.54 Å². The SMILES string of the molecule is CCn1c(=C(C#N)C#N)sc(=Cc2ccccc2F)c1=O. The van der Waals surface area contributed by atoms with Crippen molar-refractivity contribution in [1.82, 2.24) is 4.57 Å². The zero-order valence-corrected chi connectivity index (χ0v) is 11.9. The summed E-state index contributed by atoms with van der Waals surface area (Å²) >= 11 is 1.02. The highest BCUT2D eigenvalue weighted by atomic mass is 32.1. The van der Waals surface area contributed by atoms with Crippen LogP contribution >= 0.6 is 11.3 Å². The van der Waals surface area contributed by atoms with Gasteiger partial charge in [-0.05, 0) is 19.1 Å². The van der Waals surface area contributed by atoms with Crippen molar-refractivity contribution in [1.29, 1.82) is 10.5 Å². The van der Waals surface area contributed by atoms with Crippen molar-refractivity contribution in [3.05, 3.63) is 55.2 Å². The number of hydrogen-bond acceptors (Lipinski definition) is 4. The molecule has 104 valence electrons. The summed E-state index contributed by atoms with van der Waals surface area (Å²) in [6, 6.07) is 9.65. The smallest absolute Gasteiger partial charge is 0.269 e. The minimum absolute atomic E-state index is 0.118. The van der Waals surface area contributed by atoms with Crippen molar-refractivity contribution in [3.8, 4) is 12.1 Å². The average Bonchev–Trinajstić information content (AvgIpc) is 2.79. The van der Waals surface area contributed by atoms with E-state index in [9.17, 15) is 9.18 Å². The molecule has 0 amide bonds. The average molecular weight is 299 g/mol. The van der Waals surface area contributed by atoms with Crippen LogP contribution in [0.1, 0.15) is 12.5 Å². The third-order valence-electron chi connectivity index (χ3n) is 2.85. The molecule has 0 bridgehead atoms. The zero-order chi connectivity index (χ0) is 15.4. The number of nitrogens with zero attached hydrogens (tertiary/aromatic N) is 3. The molecule has 2 aromatic rings. The first-order valence-corrected chi connectivity index (χ1v) is 6.94. The fraction of sp³-hybridized carbons (Fsp3) is 0.133. The third kappa shape index (κ3) is 2.76. The lowest BCUT2D eigenvalue weighted by Crippen LogP contribution is -2.31. The molecule has 1 aromatic heterocycles. The van der Waals surface area contributed by atoms with Crippen LogP contribution in [0.3, 0.4) is 0 Å². The standard InChI is InChI=1S/C15H10FN3OS/c1-2-19-14(20)13(21-15(19)11(8-17)9-18)7-10-5-3-4-6-12(10)16/h3-7H,2H2,1H3. The van der Waals surface area contributed by atoms with Gasteiger partial charge in [-0.25, -0.2) is 4.39 Å². The normalized spacial score (nSPS) is 11.0. The molecule has 0 aliphatic carbocycles. The minimum Gasteiger partial charge on any atom is -0.298 e. The lowest BCUT2D eigenvalue weighted by Gasteiger charge is -1.94. The van der Waals surface area contributed by atoms with Crippen molar-refractivity contribution in [2.75, 3.05) is 0 Å². The van der Waals surface area contributed by atoms with Gasteiger partial charge in [-0.2, -0.15) is 10.5 Å². The zero-order valence-electron chi connectivity index (χ0n) is 11.1. The number of hydrogen-bond donors (Lipinski definition) is 0. The van der Waals surface area contributed by atoms with Gasteiger partial charge in [0.1, 0.15) is 22.6 Å². The molecular weight excluding hydrogens is 289 g/mol. The van der Waals surface area contributed by atoms with Gasteiger partial charge in [0.05, 0.1) is 4.53 Å². The molecule has 0 saturated heterocycles. The first kappa shape index (κ1) is 14.7. The number of thiazole rings is 1. The second-order valence-corrected chi connectivity index (χ2v) is 5.12. The van der Waals surface area contributed by atoms with Gasteiger partial charge in [0.15, 0.2) is 5.57 Å². The summed E-state index contributed by atoms with van der Waals surface area (Å²) in [6.07, 6.45) is 1.43. The van der Waals surface area contributed by atoms with E-state index in [1.54, 1.807) is 37.3 Å². The Kier molecular flexibility index (Phi) is 4.32. The van der Waals surface area contributed by atoms with Crippen LogP contribution in [0.2, 0.25) is 0 Å². The number of benzene rings is 1. The van der Waals surface area contributed by atoms with Crippen molar-refractivity contribution in [2.45, 2.75) is 13.5 Å². The Hall–Kier alpha value is -2.70. The molecule has 0 N–H and O–H groups in total. The minimum atomic E-state index is -0.431. The van der Waals surface area contributed by atoms with E-state index in [1.165, 1.54) is 16.7 Å². The molecule has 6 heteroatoms. The molecule has 0 aliphatic heterocycles. The van der Waals surface area contributed by atoms with Gasteiger partial charge in [-0.15, -0.1) is 11.3 Å². The van der Waals surface area contributed by atoms with Gasteiger partial charge in [0.25, 0.3) is 5.56 Å². The summed E-state index contributed by atoms with van der Waals surface area (Å²) in [5.41, 5.74) is -0.156. The van der Waals surface area contributed by atoms with E-state index in [1.807, 2.05) is 0 Å². The highest BCUT2D eigenvalue weighted by Gasteiger charge is 2.08. The Labute approximate surface area is 123 Å². The molecule has 0 radical (unpaired) electrons. The van der Waals surface area contributed by atoms with Crippen LogP contribution in [-0.4, -0.2) is 4.57 Å². The van der Waals surface area contributed by atoms with Crippen molar-refractivity contribution < 1.29 is 4.39 Å². The molecule has 2 rings (SSSR count). The van der Waals surface area contributed by atoms with Gasteiger partial charge in [0.2, 0.25) is 0 Å². The summed E-state index contributed by atoms with van der Waals surface area (Å²) in [5, 5.41) is 17.9. The monoisotopic (exact) mass is 299 g/mol. The van der Waals surface area contributed by atoms with Gasteiger partial charge >= 0.3 is 0 Å². The lowest BCUT2D eigenvalue weighted by molar-refractivity contribution is 0.625. The second kappa shape index (κ2) is 6.17. The predicted molar refractivity (Wildman–Crippen MR) is 78.1 cm³/mol. The van der Waals surface area contributed by atoms with Crippen molar-refractivity contribution >= 4 is 23.0 Å². The number of aromatic nitrogens is 1. The maximum absolute atomic E-state index is 13.6. The van der Waals surface area contributed by atoms with Crippen LogP contribution in [0.15, 0.2) is 29.1 Å². The topological polar surface area (TPSA) is 69.6 Å². The predicted octanol–water partition coefficient (Wildman–Crippen LogP) is 1.10. The summed E-state index contributed by atoms with van der Waals surface area (Å²) in [6.45, 7) is 2.08. The maximum Gasteiger partial charge on any atom is 0.269 e. The van der Waals surface area contributed by atoms with Crippen LogP contribution < -0.4 is 14.8 Å². The second-order valence-electron chi connectivity index (χ2n) is 4.09. The summed E-state index contributed by atoms with van der Waals surface area (Å²) in [5.74, 6) is -0.431.